The van der Waals surface area contributed by atoms with Gasteiger partial charge in [-0.25, -0.2) is 0 Å². The molecule has 2 aliphatic rings. The van der Waals surface area contributed by atoms with Gasteiger partial charge in [0.1, 0.15) is 26.4 Å². The Balaban J connectivity index is 1.56. The summed E-state index contributed by atoms with van der Waals surface area (Å²) in [6.45, 7) is -0.441. The van der Waals surface area contributed by atoms with E-state index < -0.39 is 12.2 Å². The number of hydrogen-bond donors (Lipinski definition) is 0. The van der Waals surface area contributed by atoms with E-state index in [2.05, 4.69) is 36.5 Å². The molecule has 0 aromatic carbocycles. The lowest BCUT2D eigenvalue weighted by Crippen LogP contribution is -2.30. The molecule has 0 saturated carbocycles. The summed E-state index contributed by atoms with van der Waals surface area (Å²) < 4.78 is 33.1. The van der Waals surface area contributed by atoms with Crippen molar-refractivity contribution in [2.75, 3.05) is 26.4 Å². The van der Waals surface area contributed by atoms with Crippen LogP contribution >= 0.6 is 0 Å². The standard InChI is InChI=1S/C60H100O12/c61-55-43-37-31-25-19-13-7-1-2-8-14-20-26-32-38-44-56(62)68-50-53(49-67-55)71-59(65)47-41-35-29-23-17-11-5-6-12-18-24-30-36-42-48-60(66)72-54-51-69-57(63)45-39-33-27-21-15-9-3-4-10-16-22-28-34-40-46-58(64)70-52-54/h1-6,53-54H,7-52H2/b2-1-,4-3-,6-5+. The van der Waals surface area contributed by atoms with Gasteiger partial charge in [-0.15, -0.1) is 0 Å². The van der Waals surface area contributed by atoms with Crippen LogP contribution in [0.3, 0.4) is 0 Å². The van der Waals surface area contributed by atoms with E-state index in [1.54, 1.807) is 0 Å². The summed E-state index contributed by atoms with van der Waals surface area (Å²) in [4.78, 5) is 75.2. The first kappa shape index (κ1) is 64.2. The van der Waals surface area contributed by atoms with Crippen molar-refractivity contribution in [3.8, 4) is 0 Å². The van der Waals surface area contributed by atoms with Crippen LogP contribution in [0, 0.1) is 0 Å². The quantitative estimate of drug-likeness (QED) is 0.0555. The van der Waals surface area contributed by atoms with Crippen molar-refractivity contribution in [2.24, 2.45) is 0 Å². The zero-order chi connectivity index (χ0) is 51.6. The maximum atomic E-state index is 12.7. The molecule has 12 nitrogen and oxygen atoms in total. The molecule has 2 heterocycles. The molecule has 0 bridgehead atoms. The summed E-state index contributed by atoms with van der Waals surface area (Å²) in [6.07, 6.45) is 50.7. The van der Waals surface area contributed by atoms with Gasteiger partial charge in [-0.1, -0.05) is 152 Å². The van der Waals surface area contributed by atoms with Gasteiger partial charge < -0.3 is 28.4 Å². The lowest BCUT2D eigenvalue weighted by atomic mass is 10.1. The Bertz CT molecular complexity index is 1310. The first-order valence-electron chi connectivity index (χ1n) is 29.3. The van der Waals surface area contributed by atoms with Crippen molar-refractivity contribution in [1.82, 2.24) is 0 Å². The van der Waals surface area contributed by atoms with E-state index >= 15 is 0 Å². The molecule has 0 amide bonds. The monoisotopic (exact) mass is 1010 g/mol. The van der Waals surface area contributed by atoms with Gasteiger partial charge in [-0.2, -0.15) is 0 Å². The Morgan fingerprint density at radius 1 is 0.361 bits per heavy atom. The van der Waals surface area contributed by atoms with Crippen LogP contribution < -0.4 is 0 Å². The third-order valence-corrected chi connectivity index (χ3v) is 13.3. The highest BCUT2D eigenvalue weighted by Gasteiger charge is 2.21. The molecule has 0 spiro atoms. The second-order valence-electron chi connectivity index (χ2n) is 20.2. The number of unbranched alkanes of at least 4 members (excludes halogenated alkanes) is 10. The molecule has 2 aliphatic heterocycles. The molecule has 0 aromatic heterocycles. The molecule has 12 heteroatoms. The number of carbonyl (C=O) groups is 6. The molecule has 2 rings (SSSR count). The minimum absolute atomic E-state index is 0.110. The predicted octanol–water partition coefficient (Wildman–Crippen LogP) is 15.1. The van der Waals surface area contributed by atoms with E-state index in [-0.39, 0.29) is 75.1 Å². The van der Waals surface area contributed by atoms with Gasteiger partial charge in [-0.05, 0) is 116 Å². The van der Waals surface area contributed by atoms with Crippen LogP contribution in [0.4, 0.5) is 0 Å². The molecule has 412 valence electrons. The average Bonchev–Trinajstić information content (AvgIpc) is 3.36. The maximum absolute atomic E-state index is 12.7. The van der Waals surface area contributed by atoms with Crippen molar-refractivity contribution in [3.63, 3.8) is 0 Å². The van der Waals surface area contributed by atoms with Crippen LogP contribution in [-0.2, 0) is 57.2 Å². The van der Waals surface area contributed by atoms with Crippen molar-refractivity contribution >= 4 is 35.8 Å². The molecule has 0 aromatic rings. The zero-order valence-electron chi connectivity index (χ0n) is 45.0. The summed E-state index contributed by atoms with van der Waals surface area (Å²) in [5, 5.41) is 0. The van der Waals surface area contributed by atoms with E-state index in [0.29, 0.717) is 38.5 Å². The number of hydrogen-bond acceptors (Lipinski definition) is 12. The molecular weight excluding hydrogens is 913 g/mol. The Morgan fingerprint density at radius 2 is 0.611 bits per heavy atom. The van der Waals surface area contributed by atoms with Crippen LogP contribution in [0.15, 0.2) is 36.5 Å². The van der Waals surface area contributed by atoms with E-state index in [1.807, 2.05) is 0 Å². The molecule has 0 N–H and O–H groups in total. The van der Waals surface area contributed by atoms with Crippen molar-refractivity contribution in [3.05, 3.63) is 36.5 Å². The van der Waals surface area contributed by atoms with Gasteiger partial charge in [0, 0.05) is 38.5 Å². The summed E-state index contributed by atoms with van der Waals surface area (Å²) in [5.41, 5.74) is 0. The summed E-state index contributed by atoms with van der Waals surface area (Å²) >= 11 is 0. The highest BCUT2D eigenvalue weighted by Crippen LogP contribution is 2.16. The zero-order valence-corrected chi connectivity index (χ0v) is 45.0. The smallest absolute Gasteiger partial charge is 0.306 e. The molecule has 0 saturated heterocycles. The molecule has 0 fully saturated rings. The lowest BCUT2D eigenvalue weighted by Gasteiger charge is -2.18. The number of esters is 6. The Labute approximate surface area is 436 Å². The third kappa shape index (κ3) is 42.5. The van der Waals surface area contributed by atoms with E-state index in [0.717, 1.165) is 193 Å². The maximum Gasteiger partial charge on any atom is 0.306 e. The van der Waals surface area contributed by atoms with E-state index in [9.17, 15) is 28.8 Å². The Morgan fingerprint density at radius 3 is 0.917 bits per heavy atom. The Kier molecular flexibility index (Phi) is 42.8. The van der Waals surface area contributed by atoms with Gasteiger partial charge in [0.15, 0.2) is 12.2 Å². The summed E-state index contributed by atoms with van der Waals surface area (Å²) in [5.74, 6) is -2.00. The number of carbonyl (C=O) groups excluding carboxylic acids is 6. The SMILES string of the molecule is O=C1CCCCCCC/C=C\CCCCCCCC(=O)OCC(OC(=O)CCCCCCC/C=C/CCCCCCCC(=O)OC2COC(=O)CCCCCCC/C=C\CCCCCCCC(=O)OC2)CO1. The first-order valence-corrected chi connectivity index (χ1v) is 29.3. The van der Waals surface area contributed by atoms with Gasteiger partial charge in [-0.3, -0.25) is 28.8 Å². The van der Waals surface area contributed by atoms with Crippen LogP contribution in [0.2, 0.25) is 0 Å². The van der Waals surface area contributed by atoms with Crippen LogP contribution in [0.25, 0.3) is 0 Å². The number of ether oxygens (including phenoxy) is 6. The molecule has 0 aliphatic carbocycles. The molecule has 0 unspecified atom stereocenters. The predicted molar refractivity (Wildman–Crippen MR) is 285 cm³/mol. The number of allylic oxidation sites excluding steroid dienone is 6. The van der Waals surface area contributed by atoms with Crippen molar-refractivity contribution < 1.29 is 57.2 Å². The average molecular weight is 1010 g/mol. The van der Waals surface area contributed by atoms with Crippen molar-refractivity contribution in [2.45, 2.75) is 282 Å². The number of cyclic esters (lactones) is 4. The molecule has 0 atom stereocenters. The molecule has 72 heavy (non-hydrogen) atoms. The lowest BCUT2D eigenvalue weighted by molar-refractivity contribution is -0.167. The van der Waals surface area contributed by atoms with Crippen LogP contribution in [0.1, 0.15) is 270 Å². The minimum atomic E-state index is -0.808. The van der Waals surface area contributed by atoms with Gasteiger partial charge in [0.05, 0.1) is 0 Å². The van der Waals surface area contributed by atoms with Crippen molar-refractivity contribution in [1.29, 1.82) is 0 Å². The summed E-state index contributed by atoms with van der Waals surface area (Å²) in [7, 11) is 0. The highest BCUT2D eigenvalue weighted by molar-refractivity contribution is 5.72. The highest BCUT2D eigenvalue weighted by atomic mass is 16.6. The van der Waals surface area contributed by atoms with Gasteiger partial charge in [0.2, 0.25) is 0 Å². The van der Waals surface area contributed by atoms with E-state index in [4.69, 9.17) is 28.4 Å². The third-order valence-electron chi connectivity index (χ3n) is 13.3. The van der Waals surface area contributed by atoms with E-state index in [1.165, 1.54) is 25.7 Å². The largest absolute Gasteiger partial charge is 0.462 e. The number of rotatable bonds is 18. The second-order valence-corrected chi connectivity index (χ2v) is 20.2. The fraction of sp³-hybridized carbons (Fsp3) is 0.800. The first-order chi connectivity index (χ1) is 35.3. The normalized spacial score (nSPS) is 20.5. The minimum Gasteiger partial charge on any atom is -0.462 e. The molecule has 0 radical (unpaired) electrons. The van der Waals surface area contributed by atoms with Gasteiger partial charge in [0.25, 0.3) is 0 Å². The van der Waals surface area contributed by atoms with Crippen LogP contribution in [-0.4, -0.2) is 74.5 Å². The van der Waals surface area contributed by atoms with Crippen LogP contribution in [0.5, 0.6) is 0 Å². The second kappa shape index (κ2) is 48.0. The molecular formula is C60H100O12. The fourth-order valence-corrected chi connectivity index (χ4v) is 8.83. The topological polar surface area (TPSA) is 158 Å². The fourth-order valence-electron chi connectivity index (χ4n) is 8.83. The van der Waals surface area contributed by atoms with Gasteiger partial charge >= 0.3 is 35.8 Å². The Hall–Kier alpha value is -3.96. The summed E-state index contributed by atoms with van der Waals surface area (Å²) in [6, 6.07) is 0.